The molecule has 7 nitrogen and oxygen atoms in total. The number of hydrogen-bond acceptors (Lipinski definition) is 6. The Morgan fingerprint density at radius 2 is 1.59 bits per heavy atom. The maximum atomic E-state index is 12.3. The summed E-state index contributed by atoms with van der Waals surface area (Å²) in [5.41, 5.74) is 0.392. The van der Waals surface area contributed by atoms with Gasteiger partial charge in [0, 0.05) is 18.5 Å². The second kappa shape index (κ2) is 12.8. The average molecular weight is 381 g/mol. The number of nitrogens with one attached hydrogen (secondary N) is 1. The number of carbonyl (C=O) groups is 2. The fraction of sp³-hybridized carbons (Fsp3) is 0.600. The summed E-state index contributed by atoms with van der Waals surface area (Å²) >= 11 is 0. The molecule has 0 atom stereocenters. The maximum Gasteiger partial charge on any atom is 0.305 e. The maximum absolute atomic E-state index is 12.3. The molecule has 7 heteroatoms. The lowest BCUT2D eigenvalue weighted by molar-refractivity contribution is -0.143. The van der Waals surface area contributed by atoms with Crippen LogP contribution in [-0.4, -0.2) is 46.4 Å². The van der Waals surface area contributed by atoms with E-state index in [1.54, 1.807) is 12.1 Å². The minimum absolute atomic E-state index is 0.228. The van der Waals surface area contributed by atoms with Crippen LogP contribution in [0, 0.1) is 0 Å². The second-order valence-corrected chi connectivity index (χ2v) is 6.05. The highest BCUT2D eigenvalue weighted by Crippen LogP contribution is 2.38. The summed E-state index contributed by atoms with van der Waals surface area (Å²) in [5.74, 6) is 0.747. The number of esters is 1. The number of rotatable bonds is 13. The van der Waals surface area contributed by atoms with Gasteiger partial charge in [-0.25, -0.2) is 0 Å². The number of amides is 1. The van der Waals surface area contributed by atoms with Crippen molar-refractivity contribution >= 4 is 11.9 Å². The number of benzene rings is 1. The Bertz CT molecular complexity index is 577. The quantitative estimate of drug-likeness (QED) is 0.417. The lowest BCUT2D eigenvalue weighted by Crippen LogP contribution is -2.25. The highest BCUT2D eigenvalue weighted by molar-refractivity contribution is 5.95. The van der Waals surface area contributed by atoms with Crippen molar-refractivity contribution in [2.75, 3.05) is 34.5 Å². The summed E-state index contributed by atoms with van der Waals surface area (Å²) in [7, 11) is 4.49. The molecular weight excluding hydrogens is 350 g/mol. The molecule has 0 spiro atoms. The van der Waals surface area contributed by atoms with Gasteiger partial charge < -0.3 is 24.3 Å². The first kappa shape index (κ1) is 22.6. The van der Waals surface area contributed by atoms with Crippen molar-refractivity contribution in [3.63, 3.8) is 0 Å². The van der Waals surface area contributed by atoms with E-state index in [0.717, 1.165) is 25.7 Å². The summed E-state index contributed by atoms with van der Waals surface area (Å²) < 4.78 is 20.9. The number of unbranched alkanes of at least 4 members (excludes halogenated alkanes) is 3. The Hall–Kier alpha value is -2.44. The molecule has 27 heavy (non-hydrogen) atoms. The van der Waals surface area contributed by atoms with Crippen LogP contribution in [0.4, 0.5) is 0 Å². The molecule has 0 radical (unpaired) electrons. The smallest absolute Gasteiger partial charge is 0.305 e. The summed E-state index contributed by atoms with van der Waals surface area (Å²) in [5, 5.41) is 2.78. The van der Waals surface area contributed by atoms with Gasteiger partial charge >= 0.3 is 5.97 Å². The summed E-state index contributed by atoms with van der Waals surface area (Å²) in [4.78, 5) is 24.0. The third-order valence-corrected chi connectivity index (χ3v) is 4.03. The predicted molar refractivity (Wildman–Crippen MR) is 103 cm³/mol. The van der Waals surface area contributed by atoms with Gasteiger partial charge in [-0.3, -0.25) is 9.59 Å². The van der Waals surface area contributed by atoms with Crippen LogP contribution in [0.1, 0.15) is 55.8 Å². The topological polar surface area (TPSA) is 83.1 Å². The van der Waals surface area contributed by atoms with Gasteiger partial charge in [0.2, 0.25) is 5.75 Å². The third kappa shape index (κ3) is 7.76. The van der Waals surface area contributed by atoms with E-state index >= 15 is 0 Å². The van der Waals surface area contributed by atoms with Crippen molar-refractivity contribution in [3.8, 4) is 17.2 Å². The van der Waals surface area contributed by atoms with Crippen LogP contribution in [-0.2, 0) is 9.53 Å². The van der Waals surface area contributed by atoms with Gasteiger partial charge in [0.25, 0.3) is 5.91 Å². The second-order valence-electron chi connectivity index (χ2n) is 6.05. The van der Waals surface area contributed by atoms with Crippen LogP contribution in [0.15, 0.2) is 12.1 Å². The number of carbonyl (C=O) groups excluding carboxylic acids is 2. The molecule has 0 bridgehead atoms. The SMILES string of the molecule is CCCCCCOC(=O)CCCNC(=O)c1cc(OC)c(OC)c(OC)c1. The molecule has 0 aliphatic heterocycles. The molecule has 0 heterocycles. The highest BCUT2D eigenvalue weighted by atomic mass is 16.5. The first-order chi connectivity index (χ1) is 13.1. The third-order valence-electron chi connectivity index (χ3n) is 4.03. The van der Waals surface area contributed by atoms with E-state index in [-0.39, 0.29) is 18.3 Å². The molecule has 0 aromatic heterocycles. The van der Waals surface area contributed by atoms with Crippen LogP contribution < -0.4 is 19.5 Å². The average Bonchev–Trinajstić information content (AvgIpc) is 2.69. The standard InChI is InChI=1S/C20H31NO6/c1-5-6-7-8-12-27-18(22)10-9-11-21-20(23)15-13-16(24-2)19(26-4)17(14-15)25-3/h13-14H,5-12H2,1-4H3,(H,21,23). The molecule has 1 aromatic rings. The zero-order chi connectivity index (χ0) is 20.1. The van der Waals surface area contributed by atoms with Gasteiger partial charge in [0.05, 0.1) is 27.9 Å². The molecule has 0 aliphatic carbocycles. The molecule has 0 unspecified atom stereocenters. The number of ether oxygens (including phenoxy) is 4. The van der Waals surface area contributed by atoms with Gasteiger partial charge in [0.15, 0.2) is 11.5 Å². The molecule has 0 fully saturated rings. The molecule has 1 N–H and O–H groups in total. The molecule has 0 saturated heterocycles. The van der Waals surface area contributed by atoms with E-state index in [9.17, 15) is 9.59 Å². The molecule has 0 aliphatic rings. The van der Waals surface area contributed by atoms with Crippen LogP contribution in [0.25, 0.3) is 0 Å². The van der Waals surface area contributed by atoms with Gasteiger partial charge in [-0.05, 0) is 25.0 Å². The predicted octanol–water partition coefficient (Wildman–Crippen LogP) is 3.35. The Morgan fingerprint density at radius 3 is 2.15 bits per heavy atom. The largest absolute Gasteiger partial charge is 0.493 e. The van der Waals surface area contributed by atoms with E-state index in [1.807, 2.05) is 0 Å². The van der Waals surface area contributed by atoms with Crippen LogP contribution >= 0.6 is 0 Å². The van der Waals surface area contributed by atoms with E-state index in [2.05, 4.69) is 12.2 Å². The number of hydrogen-bond donors (Lipinski definition) is 1. The molecule has 152 valence electrons. The summed E-state index contributed by atoms with van der Waals surface area (Å²) in [6, 6.07) is 3.17. The van der Waals surface area contributed by atoms with Crippen molar-refractivity contribution < 1.29 is 28.5 Å². The lowest BCUT2D eigenvalue weighted by Gasteiger charge is -2.14. The lowest BCUT2D eigenvalue weighted by atomic mass is 10.1. The minimum Gasteiger partial charge on any atom is -0.493 e. The van der Waals surface area contributed by atoms with E-state index < -0.39 is 0 Å². The van der Waals surface area contributed by atoms with Gasteiger partial charge in [-0.2, -0.15) is 0 Å². The zero-order valence-corrected chi connectivity index (χ0v) is 16.8. The van der Waals surface area contributed by atoms with Gasteiger partial charge in [0.1, 0.15) is 0 Å². The van der Waals surface area contributed by atoms with Crippen molar-refractivity contribution in [1.82, 2.24) is 5.32 Å². The number of methoxy groups -OCH3 is 3. The van der Waals surface area contributed by atoms with E-state index in [4.69, 9.17) is 18.9 Å². The zero-order valence-electron chi connectivity index (χ0n) is 16.8. The van der Waals surface area contributed by atoms with E-state index in [1.165, 1.54) is 21.3 Å². The highest BCUT2D eigenvalue weighted by Gasteiger charge is 2.16. The molecule has 1 amide bonds. The van der Waals surface area contributed by atoms with E-state index in [0.29, 0.717) is 42.4 Å². The van der Waals surface area contributed by atoms with Crippen molar-refractivity contribution in [2.24, 2.45) is 0 Å². The minimum atomic E-state index is -0.276. The van der Waals surface area contributed by atoms with Crippen LogP contribution in [0.2, 0.25) is 0 Å². The normalized spacial score (nSPS) is 10.2. The first-order valence-corrected chi connectivity index (χ1v) is 9.31. The first-order valence-electron chi connectivity index (χ1n) is 9.31. The molecule has 1 aromatic carbocycles. The summed E-state index contributed by atoms with van der Waals surface area (Å²) in [6.45, 7) is 2.98. The van der Waals surface area contributed by atoms with Gasteiger partial charge in [-0.15, -0.1) is 0 Å². The fourth-order valence-electron chi connectivity index (χ4n) is 2.54. The molecule has 1 rings (SSSR count). The monoisotopic (exact) mass is 381 g/mol. The Morgan fingerprint density at radius 1 is 0.926 bits per heavy atom. The Kier molecular flexibility index (Phi) is 10.7. The molecule has 0 saturated carbocycles. The Balaban J connectivity index is 2.41. The molecular formula is C20H31NO6. The van der Waals surface area contributed by atoms with Crippen molar-refractivity contribution in [1.29, 1.82) is 0 Å². The van der Waals surface area contributed by atoms with Crippen molar-refractivity contribution in [3.05, 3.63) is 17.7 Å². The van der Waals surface area contributed by atoms with Crippen LogP contribution in [0.3, 0.4) is 0 Å². The van der Waals surface area contributed by atoms with Gasteiger partial charge in [-0.1, -0.05) is 26.2 Å². The van der Waals surface area contributed by atoms with Crippen LogP contribution in [0.5, 0.6) is 17.2 Å². The summed E-state index contributed by atoms with van der Waals surface area (Å²) in [6.07, 6.45) is 5.09. The Labute approximate surface area is 161 Å². The van der Waals surface area contributed by atoms with Crippen molar-refractivity contribution in [2.45, 2.75) is 45.4 Å². The fourth-order valence-corrected chi connectivity index (χ4v) is 2.54.